The van der Waals surface area contributed by atoms with Crippen molar-refractivity contribution in [2.75, 3.05) is 58.6 Å². The van der Waals surface area contributed by atoms with Gasteiger partial charge < -0.3 is 19.7 Å². The Labute approximate surface area is 126 Å². The second kappa shape index (κ2) is 11.8. The molecular weight excluding hydrogens is 288 g/mol. The molecule has 114 valence electrons. The number of methoxy groups -OCH3 is 2. The molecular formula is C12H25ClN2O3S. The smallest absolute Gasteiger partial charge is 0.224 e. The van der Waals surface area contributed by atoms with Crippen molar-refractivity contribution in [1.82, 2.24) is 10.2 Å². The molecule has 1 rings (SSSR count). The van der Waals surface area contributed by atoms with Gasteiger partial charge in [-0.25, -0.2) is 0 Å². The zero-order chi connectivity index (χ0) is 13.2. The highest BCUT2D eigenvalue weighted by Gasteiger charge is 2.20. The number of carbonyl (C=O) groups excluding carboxylic acids is 1. The number of thioether (sulfide) groups is 1. The van der Waals surface area contributed by atoms with Crippen molar-refractivity contribution in [3.05, 3.63) is 0 Å². The van der Waals surface area contributed by atoms with E-state index in [2.05, 4.69) is 5.32 Å². The highest BCUT2D eigenvalue weighted by atomic mass is 35.5. The number of hydrogen-bond acceptors (Lipinski definition) is 5. The molecule has 0 bridgehead atoms. The van der Waals surface area contributed by atoms with Crippen LogP contribution in [0, 0.1) is 0 Å². The predicted molar refractivity (Wildman–Crippen MR) is 81.3 cm³/mol. The van der Waals surface area contributed by atoms with Crippen LogP contribution < -0.4 is 5.32 Å². The van der Waals surface area contributed by atoms with Crippen molar-refractivity contribution >= 4 is 30.1 Å². The van der Waals surface area contributed by atoms with Crippen molar-refractivity contribution in [3.63, 3.8) is 0 Å². The minimum atomic E-state index is 0. The Balaban J connectivity index is 0.00000324. The number of ether oxygens (including phenoxy) is 2. The molecule has 1 heterocycles. The fourth-order valence-corrected chi connectivity index (χ4v) is 2.80. The molecule has 19 heavy (non-hydrogen) atoms. The lowest BCUT2D eigenvalue weighted by Crippen LogP contribution is -2.44. The summed E-state index contributed by atoms with van der Waals surface area (Å²) in [7, 11) is 3.30. The zero-order valence-electron chi connectivity index (χ0n) is 11.7. The largest absolute Gasteiger partial charge is 0.383 e. The zero-order valence-corrected chi connectivity index (χ0v) is 13.4. The minimum Gasteiger partial charge on any atom is -0.383 e. The van der Waals surface area contributed by atoms with Crippen LogP contribution in [0.1, 0.15) is 6.42 Å². The molecule has 0 radical (unpaired) electrons. The first kappa shape index (κ1) is 19.0. The molecule has 0 aromatic carbocycles. The van der Waals surface area contributed by atoms with E-state index in [9.17, 15) is 4.79 Å². The first-order valence-corrected chi connectivity index (χ1v) is 7.50. The fraction of sp³-hybridized carbons (Fsp3) is 0.917. The second-order valence-electron chi connectivity index (χ2n) is 4.30. The number of halogens is 1. The quantitative estimate of drug-likeness (QED) is 0.712. The third-order valence-corrected chi connectivity index (χ3v) is 4.03. The van der Waals surface area contributed by atoms with Gasteiger partial charge in [-0.1, -0.05) is 0 Å². The Kier molecular flexibility index (Phi) is 11.8. The second-order valence-corrected chi connectivity index (χ2v) is 5.45. The number of nitrogens with zero attached hydrogens (tertiary/aromatic N) is 1. The molecule has 1 N–H and O–H groups in total. The molecule has 0 aliphatic carbocycles. The van der Waals surface area contributed by atoms with Gasteiger partial charge in [-0.05, 0) is 0 Å². The summed E-state index contributed by atoms with van der Waals surface area (Å²) in [5.74, 6) is 2.35. The molecule has 1 fully saturated rings. The van der Waals surface area contributed by atoms with Crippen molar-refractivity contribution in [2.45, 2.75) is 12.5 Å². The van der Waals surface area contributed by atoms with Gasteiger partial charge in [0.05, 0.1) is 13.2 Å². The Morgan fingerprint density at radius 2 is 1.95 bits per heavy atom. The van der Waals surface area contributed by atoms with Gasteiger partial charge in [-0.3, -0.25) is 4.79 Å². The fourth-order valence-electron chi connectivity index (χ4n) is 1.85. The normalized spacial score (nSPS) is 18.7. The van der Waals surface area contributed by atoms with E-state index in [-0.39, 0.29) is 18.3 Å². The van der Waals surface area contributed by atoms with Crippen molar-refractivity contribution in [3.8, 4) is 0 Å². The van der Waals surface area contributed by atoms with E-state index in [0.29, 0.717) is 38.8 Å². The van der Waals surface area contributed by atoms with Crippen LogP contribution in [0.2, 0.25) is 0 Å². The average Bonchev–Trinajstić information content (AvgIpc) is 2.40. The van der Waals surface area contributed by atoms with Crippen LogP contribution in [0.5, 0.6) is 0 Å². The van der Waals surface area contributed by atoms with Crippen LogP contribution in [-0.4, -0.2) is 75.4 Å². The SMILES string of the molecule is COCCN(CCOC)C(=O)CC1CSCCN1.Cl. The lowest BCUT2D eigenvalue weighted by Gasteiger charge is -2.27. The third-order valence-electron chi connectivity index (χ3n) is 2.90. The molecule has 0 saturated carbocycles. The van der Waals surface area contributed by atoms with Crippen molar-refractivity contribution < 1.29 is 14.3 Å². The van der Waals surface area contributed by atoms with Crippen molar-refractivity contribution in [2.24, 2.45) is 0 Å². The topological polar surface area (TPSA) is 50.8 Å². The molecule has 0 aromatic rings. The summed E-state index contributed by atoms with van der Waals surface area (Å²) in [6, 6.07) is 0.309. The van der Waals surface area contributed by atoms with Crippen LogP contribution >= 0.6 is 24.2 Å². The first-order valence-electron chi connectivity index (χ1n) is 6.34. The summed E-state index contributed by atoms with van der Waals surface area (Å²) < 4.78 is 10.1. The maximum atomic E-state index is 12.2. The molecule has 1 saturated heterocycles. The maximum absolute atomic E-state index is 12.2. The van der Waals surface area contributed by atoms with Gasteiger partial charge in [0.2, 0.25) is 5.91 Å². The summed E-state index contributed by atoms with van der Waals surface area (Å²) >= 11 is 1.91. The Morgan fingerprint density at radius 1 is 1.32 bits per heavy atom. The minimum absolute atomic E-state index is 0. The number of carbonyl (C=O) groups is 1. The maximum Gasteiger partial charge on any atom is 0.224 e. The van der Waals surface area contributed by atoms with E-state index in [4.69, 9.17) is 9.47 Å². The van der Waals surface area contributed by atoms with Crippen LogP contribution in [0.4, 0.5) is 0 Å². The van der Waals surface area contributed by atoms with E-state index in [1.165, 1.54) is 0 Å². The van der Waals surface area contributed by atoms with E-state index in [1.807, 2.05) is 16.7 Å². The molecule has 1 unspecified atom stereocenters. The monoisotopic (exact) mass is 312 g/mol. The highest BCUT2D eigenvalue weighted by Crippen LogP contribution is 2.11. The van der Waals surface area contributed by atoms with Gasteiger partial charge in [0.25, 0.3) is 0 Å². The lowest BCUT2D eigenvalue weighted by atomic mass is 10.2. The van der Waals surface area contributed by atoms with Gasteiger partial charge >= 0.3 is 0 Å². The summed E-state index contributed by atoms with van der Waals surface area (Å²) in [4.78, 5) is 14.0. The predicted octanol–water partition coefficient (Wildman–Crippen LogP) is 0.625. The van der Waals surface area contributed by atoms with Gasteiger partial charge in [-0.2, -0.15) is 11.8 Å². The standard InChI is InChI=1S/C12H24N2O3S.ClH/c1-16-6-4-14(5-7-17-2)12(15)9-11-10-18-8-3-13-11;/h11,13H,3-10H2,1-2H3;1H. The summed E-state index contributed by atoms with van der Waals surface area (Å²) in [6.07, 6.45) is 0.570. The van der Waals surface area contributed by atoms with Crippen LogP contribution in [0.25, 0.3) is 0 Å². The molecule has 7 heteroatoms. The van der Waals surface area contributed by atoms with Gasteiger partial charge in [0, 0.05) is 57.8 Å². The highest BCUT2D eigenvalue weighted by molar-refractivity contribution is 7.99. The molecule has 0 spiro atoms. The molecule has 5 nitrogen and oxygen atoms in total. The lowest BCUT2D eigenvalue weighted by molar-refractivity contribution is -0.132. The first-order chi connectivity index (χ1) is 8.77. The number of rotatable bonds is 8. The molecule has 1 atom stereocenters. The van der Waals surface area contributed by atoms with E-state index < -0.39 is 0 Å². The van der Waals surface area contributed by atoms with Crippen LogP contribution in [0.3, 0.4) is 0 Å². The number of hydrogen-bond donors (Lipinski definition) is 1. The third kappa shape index (κ3) is 7.99. The van der Waals surface area contributed by atoms with E-state index in [0.717, 1.165) is 18.1 Å². The molecule has 1 amide bonds. The molecule has 1 aliphatic heterocycles. The summed E-state index contributed by atoms with van der Waals surface area (Å²) in [6.45, 7) is 3.42. The van der Waals surface area contributed by atoms with Gasteiger partial charge in [0.15, 0.2) is 0 Å². The number of amides is 1. The number of nitrogens with one attached hydrogen (secondary N) is 1. The Hall–Kier alpha value is -0.0100. The van der Waals surface area contributed by atoms with E-state index in [1.54, 1.807) is 14.2 Å². The summed E-state index contributed by atoms with van der Waals surface area (Å²) in [5.41, 5.74) is 0. The average molecular weight is 313 g/mol. The Morgan fingerprint density at radius 3 is 2.42 bits per heavy atom. The Bertz CT molecular complexity index is 233. The molecule has 0 aromatic heterocycles. The molecule has 1 aliphatic rings. The van der Waals surface area contributed by atoms with Crippen molar-refractivity contribution in [1.29, 1.82) is 0 Å². The van der Waals surface area contributed by atoms with Gasteiger partial charge in [-0.15, -0.1) is 12.4 Å². The summed E-state index contributed by atoms with van der Waals surface area (Å²) in [5, 5.41) is 3.39. The van der Waals surface area contributed by atoms with Gasteiger partial charge in [0.1, 0.15) is 0 Å². The van der Waals surface area contributed by atoms with Crippen LogP contribution in [-0.2, 0) is 14.3 Å². The van der Waals surface area contributed by atoms with E-state index >= 15 is 0 Å². The van der Waals surface area contributed by atoms with Crippen LogP contribution in [0.15, 0.2) is 0 Å².